The van der Waals surface area contributed by atoms with E-state index in [0.717, 1.165) is 6.42 Å². The van der Waals surface area contributed by atoms with E-state index in [0.29, 0.717) is 12.8 Å². The number of carboxylic acid groups (broad SMARTS) is 2. The summed E-state index contributed by atoms with van der Waals surface area (Å²) in [7, 11) is -5.35. The molecular weight excluding hydrogens is 450 g/mol. The number of alkyl halides is 1. The van der Waals surface area contributed by atoms with Crippen LogP contribution in [-0.4, -0.2) is 32.7 Å². The molecule has 1 aromatic carbocycles. The monoisotopic (exact) mass is 474 g/mol. The maximum absolute atomic E-state index is 15.0. The van der Waals surface area contributed by atoms with Crippen molar-refractivity contribution in [2.24, 2.45) is 5.92 Å². The molecule has 0 saturated heterocycles. The molecule has 0 radical (unpaired) electrons. The molecule has 0 spiro atoms. The number of benzene rings is 1. The molecule has 1 rings (SSSR count). The van der Waals surface area contributed by atoms with E-state index in [4.69, 9.17) is 5.11 Å². The second-order valence-electron chi connectivity index (χ2n) is 7.19. The van der Waals surface area contributed by atoms with Gasteiger partial charge in [0.15, 0.2) is 23.3 Å². The zero-order valence-electron chi connectivity index (χ0n) is 16.7. The van der Waals surface area contributed by atoms with Gasteiger partial charge in [-0.1, -0.05) is 32.6 Å². The van der Waals surface area contributed by atoms with Crippen LogP contribution in [0.4, 0.5) is 22.0 Å². The van der Waals surface area contributed by atoms with Gasteiger partial charge in [-0.3, -0.25) is 14.2 Å². The van der Waals surface area contributed by atoms with Crippen molar-refractivity contribution >= 4 is 19.3 Å². The Morgan fingerprint density at radius 3 is 2.13 bits per heavy atom. The summed E-state index contributed by atoms with van der Waals surface area (Å²) >= 11 is 0. The van der Waals surface area contributed by atoms with Crippen LogP contribution in [0.2, 0.25) is 0 Å². The molecule has 12 heteroatoms. The molecule has 0 fully saturated rings. The van der Waals surface area contributed by atoms with Gasteiger partial charge >= 0.3 is 11.9 Å². The summed E-state index contributed by atoms with van der Waals surface area (Å²) in [4.78, 5) is 33.0. The molecule has 0 amide bonds. The molecule has 31 heavy (non-hydrogen) atoms. The number of hydrogen-bond acceptors (Lipinski definition) is 3. The molecule has 0 aliphatic carbocycles. The van der Waals surface area contributed by atoms with Gasteiger partial charge in [0.1, 0.15) is 0 Å². The van der Waals surface area contributed by atoms with Crippen molar-refractivity contribution in [2.75, 3.05) is 0 Å². The highest BCUT2D eigenvalue weighted by atomic mass is 31.2. The Balaban J connectivity index is 3.40. The lowest BCUT2D eigenvalue weighted by molar-refractivity contribution is -0.143. The normalized spacial score (nSPS) is 16.4. The molecule has 6 nitrogen and oxygen atoms in total. The summed E-state index contributed by atoms with van der Waals surface area (Å²) in [6.07, 6.45) is 0.469. The van der Waals surface area contributed by atoms with E-state index in [1.807, 2.05) is 6.92 Å². The van der Waals surface area contributed by atoms with E-state index in [1.54, 1.807) is 0 Å². The first-order valence-corrected chi connectivity index (χ1v) is 11.4. The van der Waals surface area contributed by atoms with Crippen LogP contribution >= 0.6 is 7.37 Å². The fourth-order valence-electron chi connectivity index (χ4n) is 3.32. The highest BCUT2D eigenvalue weighted by molar-refractivity contribution is 7.59. The Hall–Kier alpha value is -2.00. The summed E-state index contributed by atoms with van der Waals surface area (Å²) in [5.74, 6) is -16.9. The van der Waals surface area contributed by atoms with Crippen molar-refractivity contribution in [3.05, 3.63) is 34.9 Å². The minimum absolute atomic E-state index is 0.0948. The molecule has 3 N–H and O–H groups in total. The second-order valence-corrected chi connectivity index (χ2v) is 9.65. The lowest BCUT2D eigenvalue weighted by Crippen LogP contribution is -2.30. The number of hydrogen-bond donors (Lipinski definition) is 3. The average Bonchev–Trinajstić information content (AvgIpc) is 2.69. The van der Waals surface area contributed by atoms with E-state index in [-0.39, 0.29) is 18.9 Å². The van der Waals surface area contributed by atoms with Crippen molar-refractivity contribution in [1.82, 2.24) is 0 Å². The largest absolute Gasteiger partial charge is 0.481 e. The molecule has 0 bridgehead atoms. The minimum atomic E-state index is -5.35. The Morgan fingerprint density at radius 2 is 1.61 bits per heavy atom. The predicted octanol–water partition coefficient (Wildman–Crippen LogP) is 5.39. The van der Waals surface area contributed by atoms with Gasteiger partial charge in [0.25, 0.3) is 0 Å². The number of aliphatic carboxylic acids is 2. The van der Waals surface area contributed by atoms with Crippen molar-refractivity contribution < 1.29 is 51.2 Å². The van der Waals surface area contributed by atoms with Gasteiger partial charge in [-0.2, -0.15) is 0 Å². The van der Waals surface area contributed by atoms with Crippen LogP contribution < -0.4 is 0 Å². The first-order chi connectivity index (χ1) is 14.4. The first-order valence-electron chi connectivity index (χ1n) is 9.59. The molecule has 4 atom stereocenters. The number of halogens is 5. The molecular formula is C19H24F5O6P. The second kappa shape index (κ2) is 11.6. The molecule has 0 heterocycles. The highest BCUT2D eigenvalue weighted by Crippen LogP contribution is 2.64. The van der Waals surface area contributed by atoms with E-state index in [9.17, 15) is 46.1 Å². The predicted molar refractivity (Wildman–Crippen MR) is 100 cm³/mol. The van der Waals surface area contributed by atoms with E-state index in [2.05, 4.69) is 0 Å². The quantitative estimate of drug-likeness (QED) is 0.116. The summed E-state index contributed by atoms with van der Waals surface area (Å²) in [5.41, 5.74) is -3.41. The number of carboxylic acids is 2. The first kappa shape index (κ1) is 27.0. The van der Waals surface area contributed by atoms with Gasteiger partial charge in [0.2, 0.25) is 13.3 Å². The fourth-order valence-corrected chi connectivity index (χ4v) is 5.58. The van der Waals surface area contributed by atoms with E-state index < -0.39 is 78.5 Å². The van der Waals surface area contributed by atoms with Crippen LogP contribution in [0.5, 0.6) is 0 Å². The summed E-state index contributed by atoms with van der Waals surface area (Å²) in [6, 6.07) is -0.0948. The van der Waals surface area contributed by atoms with Crippen molar-refractivity contribution in [3.63, 3.8) is 0 Å². The van der Waals surface area contributed by atoms with Crippen molar-refractivity contribution in [1.29, 1.82) is 0 Å². The van der Waals surface area contributed by atoms with Gasteiger partial charge in [0.05, 0.1) is 11.6 Å². The van der Waals surface area contributed by atoms with Crippen molar-refractivity contribution in [2.45, 2.75) is 63.4 Å². The lowest BCUT2D eigenvalue weighted by atomic mass is 9.95. The smallest absolute Gasteiger partial charge is 0.307 e. The van der Waals surface area contributed by atoms with Crippen LogP contribution in [-0.2, 0) is 14.2 Å². The Morgan fingerprint density at radius 1 is 1.00 bits per heavy atom. The van der Waals surface area contributed by atoms with Gasteiger partial charge in [-0.05, 0) is 18.9 Å². The van der Waals surface area contributed by atoms with Crippen LogP contribution in [0.25, 0.3) is 0 Å². The zero-order valence-corrected chi connectivity index (χ0v) is 17.6. The number of carbonyl (C=O) groups is 2. The molecule has 0 aromatic heterocycles. The molecule has 4 unspecified atom stereocenters. The summed E-state index contributed by atoms with van der Waals surface area (Å²) in [5, 5.41) is 18.3. The highest BCUT2D eigenvalue weighted by Gasteiger charge is 2.48. The molecule has 0 aliphatic rings. The summed E-state index contributed by atoms with van der Waals surface area (Å²) < 4.78 is 82.1. The van der Waals surface area contributed by atoms with Crippen LogP contribution in [0.3, 0.4) is 0 Å². The van der Waals surface area contributed by atoms with E-state index in [1.165, 1.54) is 0 Å². The standard InChI is InChI=1S/C19H24F5O6P/c1-2-3-4-5-6-13(10(19(27)28)7-8-14(25)26)31(29,30)18(24)11-9-12(20)16(22)17(23)15(11)21/h9-10,13,18H,2-8H2,1H3,(H,25,26)(H,27,28)(H,29,30). The maximum Gasteiger partial charge on any atom is 0.307 e. The average molecular weight is 474 g/mol. The summed E-state index contributed by atoms with van der Waals surface area (Å²) in [6.45, 7) is 1.86. The van der Waals surface area contributed by atoms with Gasteiger partial charge in [-0.15, -0.1) is 0 Å². The lowest BCUT2D eigenvalue weighted by Gasteiger charge is -2.30. The van der Waals surface area contributed by atoms with E-state index >= 15 is 0 Å². The fraction of sp³-hybridized carbons (Fsp3) is 0.579. The van der Waals surface area contributed by atoms with Crippen LogP contribution in [0.1, 0.15) is 63.3 Å². The Labute approximate surface area is 175 Å². The molecule has 0 saturated carbocycles. The molecule has 176 valence electrons. The third-order valence-corrected chi connectivity index (χ3v) is 7.49. The minimum Gasteiger partial charge on any atom is -0.481 e. The van der Waals surface area contributed by atoms with Crippen molar-refractivity contribution in [3.8, 4) is 0 Å². The number of rotatable bonds is 13. The van der Waals surface area contributed by atoms with Crippen LogP contribution in [0.15, 0.2) is 6.07 Å². The van der Waals surface area contributed by atoms with Crippen LogP contribution in [0, 0.1) is 29.2 Å². The third kappa shape index (κ3) is 6.74. The maximum atomic E-state index is 15.0. The molecule has 1 aromatic rings. The van der Waals surface area contributed by atoms with Gasteiger partial charge < -0.3 is 15.1 Å². The Kier molecular flexibility index (Phi) is 10.1. The van der Waals surface area contributed by atoms with Gasteiger partial charge in [-0.25, -0.2) is 22.0 Å². The van der Waals surface area contributed by atoms with Gasteiger partial charge in [0, 0.05) is 12.0 Å². The third-order valence-electron chi connectivity index (χ3n) is 4.99. The molecule has 0 aliphatic heterocycles. The SMILES string of the molecule is CCCCCCC(C(CCC(=O)O)C(=O)O)P(=O)(O)C(F)c1cc(F)c(F)c(F)c1F. The topological polar surface area (TPSA) is 112 Å². The number of unbranched alkanes of at least 4 members (excludes halogenated alkanes) is 3. The zero-order chi connectivity index (χ0) is 23.9. The Bertz CT molecular complexity index is 850.